The highest BCUT2D eigenvalue weighted by molar-refractivity contribution is 6.71. The van der Waals surface area contributed by atoms with Crippen molar-refractivity contribution in [3.05, 3.63) is 133 Å². The maximum absolute atomic E-state index is 6.66. The van der Waals surface area contributed by atoms with Crippen LogP contribution in [0.25, 0.3) is 109 Å². The van der Waals surface area contributed by atoms with Gasteiger partial charge in [0.2, 0.25) is 0 Å². The van der Waals surface area contributed by atoms with Crippen molar-refractivity contribution in [1.82, 2.24) is 0 Å². The average molecular weight is 741 g/mol. The Labute approximate surface area is 351 Å². The zero-order valence-electron chi connectivity index (χ0n) is 35.1. The molecule has 10 aromatic carbocycles. The summed E-state index contributed by atoms with van der Waals surface area (Å²) in [6, 6.07) is 49.4. The Balaban J connectivity index is 1.27. The van der Waals surface area contributed by atoms with E-state index in [1.165, 1.54) is 126 Å². The highest BCUT2D eigenvalue weighted by atomic mass is 16.3. The molecule has 0 spiro atoms. The fourth-order valence-electron chi connectivity index (χ4n) is 10.5. The van der Waals surface area contributed by atoms with Crippen LogP contribution in [0.4, 0.5) is 0 Å². The first-order valence-electron chi connectivity index (χ1n) is 20.9. The van der Waals surface area contributed by atoms with Crippen molar-refractivity contribution in [1.29, 1.82) is 0 Å². The summed E-state index contributed by atoms with van der Waals surface area (Å²) < 4.78 is 6.66. The first kappa shape index (κ1) is 35.9. The molecule has 0 aliphatic carbocycles. The minimum absolute atomic E-state index is 0.920. The normalized spacial score (nSPS) is 11.9. The van der Waals surface area contributed by atoms with Gasteiger partial charge in [0, 0.05) is 16.2 Å². The molecule has 0 saturated carbocycles. The molecule has 0 radical (unpaired) electrons. The highest BCUT2D eigenvalue weighted by Gasteiger charge is 2.26. The molecule has 11 rings (SSSR count). The lowest BCUT2D eigenvalue weighted by Gasteiger charge is -2.28. The largest absolute Gasteiger partial charge is 0.455 e. The van der Waals surface area contributed by atoms with Crippen molar-refractivity contribution in [2.75, 3.05) is 0 Å². The van der Waals surface area contributed by atoms with E-state index in [9.17, 15) is 0 Å². The van der Waals surface area contributed by atoms with Gasteiger partial charge in [-0.15, -0.1) is 21.9 Å². The lowest BCUT2D eigenvalue weighted by atomic mass is 9.59. The predicted molar refractivity (Wildman–Crippen MR) is 283 cm³/mol. The van der Waals surface area contributed by atoms with Crippen LogP contribution in [-0.2, 0) is 0 Å². The molecular weight excluding hydrogens is 703 g/mol. The van der Waals surface area contributed by atoms with Gasteiger partial charge in [-0.25, -0.2) is 0 Å². The Hall–Kier alpha value is -6.18. The monoisotopic (exact) mass is 742 g/mol. The second-order valence-corrected chi connectivity index (χ2v) is 17.0. The molecule has 0 amide bonds. The minimum Gasteiger partial charge on any atom is -0.455 e. The van der Waals surface area contributed by atoms with E-state index in [2.05, 4.69) is 196 Å². The first-order chi connectivity index (χ1) is 28.6. The van der Waals surface area contributed by atoms with E-state index in [0.29, 0.717) is 0 Å². The Morgan fingerprint density at radius 2 is 0.797 bits per heavy atom. The molecule has 0 bridgehead atoms. The lowest BCUT2D eigenvalue weighted by molar-refractivity contribution is 0.672. The predicted octanol–water partition coefficient (Wildman–Crippen LogP) is 0.420. The van der Waals surface area contributed by atoms with Gasteiger partial charge in [0.1, 0.15) is 73.9 Å². The van der Waals surface area contributed by atoms with E-state index in [0.717, 1.165) is 27.3 Å². The average Bonchev–Trinajstić information content (AvgIpc) is 3.66. The summed E-state index contributed by atoms with van der Waals surface area (Å²) in [5, 5.41) is 15.2. The van der Waals surface area contributed by atoms with Gasteiger partial charge in [-0.2, -0.15) is 0 Å². The zero-order valence-corrected chi connectivity index (χ0v) is 35.1. The second kappa shape index (κ2) is 13.2. The van der Waals surface area contributed by atoms with Crippen LogP contribution in [0.15, 0.2) is 138 Å². The highest BCUT2D eigenvalue weighted by Crippen LogP contribution is 2.44. The number of hydrogen-bond donors (Lipinski definition) is 0. The molecule has 11 aromatic rings. The third-order valence-electron chi connectivity index (χ3n) is 14.3. The quantitative estimate of drug-likeness (QED) is 0.146. The van der Waals surface area contributed by atoms with Crippen molar-refractivity contribution in [3.8, 4) is 33.4 Å². The molecule has 0 saturated heterocycles. The van der Waals surface area contributed by atoms with Gasteiger partial charge in [0.25, 0.3) is 0 Å². The van der Waals surface area contributed by atoms with Crippen molar-refractivity contribution < 1.29 is 4.42 Å². The van der Waals surface area contributed by atoms with Gasteiger partial charge >= 0.3 is 0 Å². The molecule has 0 aliphatic rings. The number of furan rings is 1. The smallest absolute Gasteiger partial charge is 0.143 e. The Morgan fingerprint density at radius 3 is 1.42 bits per heavy atom. The Bertz CT molecular complexity index is 3580. The lowest BCUT2D eigenvalue weighted by Crippen LogP contribution is -2.50. The molecule has 1 heterocycles. The molecular formula is C50H38B8O. The number of fused-ring (bicyclic) bond motifs is 10. The standard InChI is InChI=1S/C50H38B8O/c51-42-38-36(26-10-5-9-25(21-26)29-13-6-14-31-28-11-3-1-7-23(28)15-18-32(29)31)39-41(45(54)49(58)47(56)43(39)52)37(40(38)44(53)48(57)46(42)55)27-17-20-35-34(22-27)33-19-16-24-8-2-4-12-30(24)50(33)59-35/h1-22H,51-58H2. The van der Waals surface area contributed by atoms with Gasteiger partial charge in [0.15, 0.2) is 0 Å². The molecule has 0 aliphatic heterocycles. The Kier molecular flexibility index (Phi) is 8.02. The van der Waals surface area contributed by atoms with Crippen molar-refractivity contribution in [2.45, 2.75) is 0 Å². The van der Waals surface area contributed by atoms with Crippen LogP contribution in [0.2, 0.25) is 0 Å². The first-order valence-corrected chi connectivity index (χ1v) is 20.9. The summed E-state index contributed by atoms with van der Waals surface area (Å²) in [6.45, 7) is 0. The fraction of sp³-hybridized carbons (Fsp3) is 0. The van der Waals surface area contributed by atoms with Gasteiger partial charge in [-0.3, -0.25) is 0 Å². The third kappa shape index (κ3) is 5.10. The number of hydrogen-bond acceptors (Lipinski definition) is 1. The summed E-state index contributed by atoms with van der Waals surface area (Å²) in [6.07, 6.45) is 0. The van der Waals surface area contributed by atoms with E-state index in [1.807, 2.05) is 0 Å². The number of rotatable bonds is 3. The third-order valence-corrected chi connectivity index (χ3v) is 14.3. The molecule has 268 valence electrons. The van der Waals surface area contributed by atoms with Crippen LogP contribution < -0.4 is 43.7 Å². The summed E-state index contributed by atoms with van der Waals surface area (Å²) in [4.78, 5) is 0. The molecule has 0 N–H and O–H groups in total. The van der Waals surface area contributed by atoms with E-state index < -0.39 is 0 Å². The van der Waals surface area contributed by atoms with Crippen molar-refractivity contribution >= 4 is 182 Å². The summed E-state index contributed by atoms with van der Waals surface area (Å²) >= 11 is 0. The molecule has 1 aromatic heterocycles. The van der Waals surface area contributed by atoms with Gasteiger partial charge in [-0.05, 0) is 106 Å². The van der Waals surface area contributed by atoms with E-state index in [4.69, 9.17) is 4.42 Å². The zero-order chi connectivity index (χ0) is 40.4. The number of benzene rings is 10. The van der Waals surface area contributed by atoms with Crippen LogP contribution in [0.5, 0.6) is 0 Å². The van der Waals surface area contributed by atoms with Crippen molar-refractivity contribution in [2.24, 2.45) is 0 Å². The van der Waals surface area contributed by atoms with Gasteiger partial charge in [0.05, 0.1) is 0 Å². The summed E-state index contributed by atoms with van der Waals surface area (Å²) in [5.41, 5.74) is 20.3. The van der Waals surface area contributed by atoms with Crippen LogP contribution in [0.3, 0.4) is 0 Å². The van der Waals surface area contributed by atoms with Gasteiger partial charge < -0.3 is 4.42 Å². The minimum atomic E-state index is 0.920. The van der Waals surface area contributed by atoms with Crippen LogP contribution in [-0.4, -0.2) is 62.8 Å². The summed E-state index contributed by atoms with van der Waals surface area (Å²) in [7, 11) is 18.6. The van der Waals surface area contributed by atoms with Crippen LogP contribution in [0, 0.1) is 0 Å². The Morgan fingerprint density at radius 1 is 0.305 bits per heavy atom. The maximum atomic E-state index is 6.66. The van der Waals surface area contributed by atoms with E-state index in [1.54, 1.807) is 0 Å². The van der Waals surface area contributed by atoms with Gasteiger partial charge in [-0.1, -0.05) is 131 Å². The van der Waals surface area contributed by atoms with E-state index in [-0.39, 0.29) is 0 Å². The second-order valence-electron chi connectivity index (χ2n) is 17.0. The molecule has 1 nitrogen and oxygen atoms in total. The van der Waals surface area contributed by atoms with Crippen molar-refractivity contribution in [3.63, 3.8) is 0 Å². The van der Waals surface area contributed by atoms with Crippen LogP contribution in [0.1, 0.15) is 0 Å². The topological polar surface area (TPSA) is 13.1 Å². The fourth-order valence-corrected chi connectivity index (χ4v) is 10.5. The molecule has 0 fully saturated rings. The SMILES string of the molecule is Bc1c(B)c(B)c2c(-c3ccc4oc5c6ccccc6ccc5c4c3)c3c(B)c(B)c(B)c(B)c3c(-c3cccc(-c4cccc5c4ccc4ccccc45)c3)c2c1B. The van der Waals surface area contributed by atoms with Crippen LogP contribution >= 0.6 is 0 Å². The summed E-state index contributed by atoms with van der Waals surface area (Å²) in [5.74, 6) is 0. The molecule has 0 atom stereocenters. The maximum Gasteiger partial charge on any atom is 0.143 e. The van der Waals surface area contributed by atoms with E-state index >= 15 is 0 Å². The molecule has 0 unspecified atom stereocenters. The molecule has 9 heteroatoms. The molecule has 59 heavy (non-hydrogen) atoms.